The molecule has 4 nitrogen and oxygen atoms in total. The van der Waals surface area contributed by atoms with Gasteiger partial charge < -0.3 is 16.4 Å². The Kier molecular flexibility index (Phi) is 10.2. The van der Waals surface area contributed by atoms with Gasteiger partial charge in [0.15, 0.2) is 0 Å². The fourth-order valence-electron chi connectivity index (χ4n) is 1.30. The van der Waals surface area contributed by atoms with E-state index in [0.29, 0.717) is 5.69 Å². The van der Waals surface area contributed by atoms with E-state index in [9.17, 15) is 18.0 Å². The predicted octanol–water partition coefficient (Wildman–Crippen LogP) is 3.04. The molecule has 122 valence electrons. The van der Waals surface area contributed by atoms with E-state index in [2.05, 4.69) is 10.6 Å². The highest BCUT2D eigenvalue weighted by Gasteiger charge is 2.27. The minimum Gasteiger partial charge on any atom is -0.375 e. The van der Waals surface area contributed by atoms with Gasteiger partial charge in [-0.1, -0.05) is 19.1 Å². The van der Waals surface area contributed by atoms with Gasteiger partial charge in [-0.25, -0.2) is 0 Å². The molecule has 0 saturated heterocycles. The van der Waals surface area contributed by atoms with Gasteiger partial charge in [0.2, 0.25) is 5.91 Å². The number of anilines is 2. The minimum absolute atomic E-state index is 0. The van der Waals surface area contributed by atoms with Crippen LogP contribution < -0.4 is 16.4 Å². The predicted molar refractivity (Wildman–Crippen MR) is 82.3 cm³/mol. The molecule has 21 heavy (non-hydrogen) atoms. The van der Waals surface area contributed by atoms with E-state index in [1.54, 1.807) is 19.1 Å². The summed E-state index contributed by atoms with van der Waals surface area (Å²) in [5, 5.41) is 4.79. The summed E-state index contributed by atoms with van der Waals surface area (Å²) in [5.41, 5.74) is 5.88. The van der Waals surface area contributed by atoms with Gasteiger partial charge in [-0.05, 0) is 12.1 Å². The molecule has 0 spiro atoms. The minimum atomic E-state index is -4.32. The molecule has 0 bridgehead atoms. The molecule has 1 atom stereocenters. The lowest BCUT2D eigenvalue weighted by molar-refractivity contribution is -0.119. The van der Waals surface area contributed by atoms with E-state index in [4.69, 9.17) is 5.73 Å². The smallest absolute Gasteiger partial charge is 0.375 e. The summed E-state index contributed by atoms with van der Waals surface area (Å²) >= 11 is 0. The molecule has 0 radical (unpaired) electrons. The molecule has 1 aromatic carbocycles. The molecule has 0 aliphatic heterocycles. The van der Waals surface area contributed by atoms with E-state index in [1.165, 1.54) is 12.1 Å². The number of halogens is 5. The largest absolute Gasteiger partial charge is 0.405 e. The number of rotatable bonds is 5. The Hall–Kier alpha value is -1.18. The number of amides is 1. The molecule has 0 aliphatic rings. The van der Waals surface area contributed by atoms with Gasteiger partial charge >= 0.3 is 6.18 Å². The number of alkyl halides is 3. The molecule has 1 unspecified atom stereocenters. The molecule has 0 fully saturated rings. The Morgan fingerprint density at radius 3 is 2.24 bits per heavy atom. The van der Waals surface area contributed by atoms with Gasteiger partial charge in [0.25, 0.3) is 0 Å². The van der Waals surface area contributed by atoms with Gasteiger partial charge in [0.05, 0.1) is 11.4 Å². The third-order valence-corrected chi connectivity index (χ3v) is 2.47. The van der Waals surface area contributed by atoms with E-state index in [1.807, 2.05) is 0 Å². The fraction of sp³-hybridized carbons (Fsp3) is 0.417. The highest BCUT2D eigenvalue weighted by atomic mass is 35.5. The first kappa shape index (κ1) is 22.1. The fourth-order valence-corrected chi connectivity index (χ4v) is 1.30. The average molecular weight is 348 g/mol. The van der Waals surface area contributed by atoms with Crippen molar-refractivity contribution in [2.45, 2.75) is 13.1 Å². The zero-order valence-electron chi connectivity index (χ0n) is 11.2. The molecule has 0 heterocycles. The van der Waals surface area contributed by atoms with Gasteiger partial charge in [0, 0.05) is 12.5 Å². The number of nitrogens with one attached hydrogen (secondary N) is 2. The zero-order chi connectivity index (χ0) is 14.5. The average Bonchev–Trinajstić information content (AvgIpc) is 2.35. The zero-order valence-corrected chi connectivity index (χ0v) is 12.9. The molecule has 1 rings (SSSR count). The molecule has 9 heteroatoms. The number of hydrogen-bond donors (Lipinski definition) is 3. The number of benzene rings is 1. The molecule has 0 aromatic heterocycles. The number of carbonyl (C=O) groups excluding carboxylic acids is 1. The Balaban J connectivity index is 0. The SMILES string of the molecule is CC(CN)C(=O)Nc1ccccc1NCC(F)(F)F.Cl.Cl. The highest BCUT2D eigenvalue weighted by Crippen LogP contribution is 2.23. The van der Waals surface area contributed by atoms with Crippen molar-refractivity contribution in [2.24, 2.45) is 11.7 Å². The van der Waals surface area contributed by atoms with E-state index in [-0.39, 0.29) is 43.0 Å². The third-order valence-electron chi connectivity index (χ3n) is 2.47. The van der Waals surface area contributed by atoms with Gasteiger partial charge in [0.1, 0.15) is 6.54 Å². The first-order valence-corrected chi connectivity index (χ1v) is 5.74. The van der Waals surface area contributed by atoms with Crippen LogP contribution in [0.4, 0.5) is 24.5 Å². The van der Waals surface area contributed by atoms with E-state index >= 15 is 0 Å². The van der Waals surface area contributed by atoms with Crippen LogP contribution in [0.3, 0.4) is 0 Å². The van der Waals surface area contributed by atoms with Crippen molar-refractivity contribution < 1.29 is 18.0 Å². The first-order chi connectivity index (χ1) is 8.83. The van der Waals surface area contributed by atoms with Crippen LogP contribution in [0.5, 0.6) is 0 Å². The summed E-state index contributed by atoms with van der Waals surface area (Å²) in [7, 11) is 0. The van der Waals surface area contributed by atoms with Gasteiger partial charge in [-0.15, -0.1) is 24.8 Å². The number of carbonyl (C=O) groups is 1. The lowest BCUT2D eigenvalue weighted by Crippen LogP contribution is -2.27. The van der Waals surface area contributed by atoms with Gasteiger partial charge in [-0.2, -0.15) is 13.2 Å². The standard InChI is InChI=1S/C12H16F3N3O.2ClH/c1-8(6-16)11(19)18-10-5-3-2-4-9(10)17-7-12(13,14)15;;/h2-5,8,17H,6-7,16H2,1H3,(H,18,19);2*1H. The van der Waals surface area contributed by atoms with Crippen molar-refractivity contribution in [2.75, 3.05) is 23.7 Å². The topological polar surface area (TPSA) is 67.2 Å². The molecule has 4 N–H and O–H groups in total. The van der Waals surface area contributed by atoms with Crippen LogP contribution in [-0.2, 0) is 4.79 Å². The van der Waals surface area contributed by atoms with Crippen LogP contribution in [0.25, 0.3) is 0 Å². The van der Waals surface area contributed by atoms with Crippen LogP contribution >= 0.6 is 24.8 Å². The second kappa shape index (κ2) is 9.70. The van der Waals surface area contributed by atoms with Gasteiger partial charge in [-0.3, -0.25) is 4.79 Å². The second-order valence-electron chi connectivity index (χ2n) is 4.14. The summed E-state index contributed by atoms with van der Waals surface area (Å²) in [6, 6.07) is 6.20. The maximum Gasteiger partial charge on any atom is 0.405 e. The monoisotopic (exact) mass is 347 g/mol. The van der Waals surface area contributed by atoms with E-state index < -0.39 is 18.6 Å². The Morgan fingerprint density at radius 1 is 1.24 bits per heavy atom. The number of nitrogens with two attached hydrogens (primary N) is 1. The second-order valence-corrected chi connectivity index (χ2v) is 4.14. The van der Waals surface area contributed by atoms with Crippen LogP contribution in [0.15, 0.2) is 24.3 Å². The van der Waals surface area contributed by atoms with Crippen LogP contribution in [0.1, 0.15) is 6.92 Å². The molecule has 0 saturated carbocycles. The van der Waals surface area contributed by atoms with Crippen molar-refractivity contribution >= 4 is 42.1 Å². The number of para-hydroxylation sites is 2. The van der Waals surface area contributed by atoms with Crippen molar-refractivity contribution in [1.82, 2.24) is 0 Å². The normalized spacial score (nSPS) is 11.7. The Labute approximate surface area is 133 Å². The van der Waals surface area contributed by atoms with Crippen molar-refractivity contribution in [3.8, 4) is 0 Å². The van der Waals surface area contributed by atoms with Crippen LogP contribution in [-0.4, -0.2) is 25.2 Å². The van der Waals surface area contributed by atoms with Crippen LogP contribution in [0, 0.1) is 5.92 Å². The summed E-state index contributed by atoms with van der Waals surface area (Å²) in [6.45, 7) is 0.650. The van der Waals surface area contributed by atoms with E-state index in [0.717, 1.165) is 0 Å². The summed E-state index contributed by atoms with van der Waals surface area (Å²) in [5.74, 6) is -0.737. The quantitative estimate of drug-likeness (QED) is 0.766. The van der Waals surface area contributed by atoms with Crippen molar-refractivity contribution in [3.05, 3.63) is 24.3 Å². The molecular formula is C12H18Cl2F3N3O. The molecule has 1 amide bonds. The number of hydrogen-bond acceptors (Lipinski definition) is 3. The Bertz CT molecular complexity index is 444. The maximum atomic E-state index is 12.2. The lowest BCUT2D eigenvalue weighted by atomic mass is 10.1. The summed E-state index contributed by atoms with van der Waals surface area (Å²) in [4.78, 5) is 11.7. The van der Waals surface area contributed by atoms with Crippen molar-refractivity contribution in [1.29, 1.82) is 0 Å². The molecule has 0 aliphatic carbocycles. The third kappa shape index (κ3) is 7.99. The molecular weight excluding hydrogens is 330 g/mol. The maximum absolute atomic E-state index is 12.2. The summed E-state index contributed by atoms with van der Waals surface area (Å²) in [6.07, 6.45) is -4.32. The van der Waals surface area contributed by atoms with Crippen molar-refractivity contribution in [3.63, 3.8) is 0 Å². The first-order valence-electron chi connectivity index (χ1n) is 5.74. The molecule has 1 aromatic rings. The lowest BCUT2D eigenvalue weighted by Gasteiger charge is -2.15. The Morgan fingerprint density at radius 2 is 1.76 bits per heavy atom. The summed E-state index contributed by atoms with van der Waals surface area (Å²) < 4.78 is 36.5. The van der Waals surface area contributed by atoms with Crippen LogP contribution in [0.2, 0.25) is 0 Å². The highest BCUT2D eigenvalue weighted by molar-refractivity contribution is 5.95.